The third-order valence-corrected chi connectivity index (χ3v) is 4.67. The van der Waals surface area contributed by atoms with Crippen molar-refractivity contribution < 1.29 is 9.66 Å². The lowest BCUT2D eigenvalue weighted by molar-refractivity contribution is -0.384. The second kappa shape index (κ2) is 7.39. The number of hydrogen-bond donors (Lipinski definition) is 0. The molecular weight excluding hydrogens is 352 g/mol. The van der Waals surface area contributed by atoms with Gasteiger partial charge in [0.25, 0.3) is 5.69 Å². The van der Waals surface area contributed by atoms with Crippen molar-refractivity contribution in [1.29, 1.82) is 5.26 Å². The van der Waals surface area contributed by atoms with Crippen LogP contribution >= 0.6 is 11.3 Å². The molecular formula is C18H14N4O3S. The third kappa shape index (κ3) is 3.44. The predicted molar refractivity (Wildman–Crippen MR) is 100 cm³/mol. The summed E-state index contributed by atoms with van der Waals surface area (Å²) in [6, 6.07) is 10.1. The number of rotatable bonds is 5. The molecule has 0 unspecified atom stereocenters. The summed E-state index contributed by atoms with van der Waals surface area (Å²) in [6.07, 6.45) is 1.59. The van der Waals surface area contributed by atoms with E-state index in [-0.39, 0.29) is 5.69 Å². The van der Waals surface area contributed by atoms with E-state index in [1.165, 1.54) is 23.5 Å². The number of non-ortho nitro benzene ring substituents is 1. The molecule has 130 valence electrons. The van der Waals surface area contributed by atoms with Crippen LogP contribution < -0.4 is 0 Å². The van der Waals surface area contributed by atoms with Crippen LogP contribution in [-0.2, 0) is 11.3 Å². The normalized spacial score (nSPS) is 11.1. The molecule has 0 aliphatic rings. The second-order valence-corrected chi connectivity index (χ2v) is 6.53. The lowest BCUT2D eigenvalue weighted by Gasteiger charge is -2.04. The average Bonchev–Trinajstić information content (AvgIpc) is 2.98. The number of nitro benzene ring substituents is 1. The number of aryl methyl sites for hydroxylation is 1. The molecule has 3 rings (SSSR count). The fourth-order valence-corrected chi connectivity index (χ4v) is 3.60. The van der Waals surface area contributed by atoms with Crippen LogP contribution in [0.15, 0.2) is 35.3 Å². The molecule has 0 spiro atoms. The molecule has 0 saturated carbocycles. The van der Waals surface area contributed by atoms with Crippen LogP contribution in [0, 0.1) is 28.4 Å². The Balaban J connectivity index is 2.08. The van der Waals surface area contributed by atoms with Crippen molar-refractivity contribution in [3.05, 3.63) is 62.1 Å². The predicted octanol–water partition coefficient (Wildman–Crippen LogP) is 4.28. The highest BCUT2D eigenvalue weighted by Crippen LogP contribution is 2.39. The van der Waals surface area contributed by atoms with Gasteiger partial charge in [0.2, 0.25) is 0 Å². The summed E-state index contributed by atoms with van der Waals surface area (Å²) in [5.74, 6) is 0. The largest absolute Gasteiger partial charge is 0.380 e. The Kier molecular flexibility index (Phi) is 5.02. The zero-order valence-electron chi connectivity index (χ0n) is 14.1. The lowest BCUT2D eigenvalue weighted by atomic mass is 10.1. The van der Waals surface area contributed by atoms with Crippen LogP contribution in [0.5, 0.6) is 0 Å². The quantitative estimate of drug-likeness (QED) is 0.381. The number of aliphatic imine (C=N–C) groups is 1. The topological polar surface area (TPSA) is 101 Å². The number of nitro groups is 1. The number of hydrogen-bond acceptors (Lipinski definition) is 7. The van der Waals surface area contributed by atoms with Gasteiger partial charge in [0, 0.05) is 36.5 Å². The Morgan fingerprint density at radius 2 is 2.15 bits per heavy atom. The first-order valence-electron chi connectivity index (χ1n) is 7.64. The molecule has 0 amide bonds. The number of aromatic nitrogens is 1. The van der Waals surface area contributed by atoms with Crippen LogP contribution in [0.1, 0.15) is 21.7 Å². The average molecular weight is 366 g/mol. The third-order valence-electron chi connectivity index (χ3n) is 3.69. The maximum atomic E-state index is 10.7. The summed E-state index contributed by atoms with van der Waals surface area (Å²) in [5.41, 5.74) is 3.03. The monoisotopic (exact) mass is 366 g/mol. The van der Waals surface area contributed by atoms with E-state index in [0.717, 1.165) is 21.5 Å². The van der Waals surface area contributed by atoms with E-state index in [4.69, 9.17) is 4.74 Å². The Hall–Kier alpha value is -3.15. The Morgan fingerprint density at radius 1 is 1.42 bits per heavy atom. The van der Waals surface area contributed by atoms with Crippen LogP contribution in [0.3, 0.4) is 0 Å². The van der Waals surface area contributed by atoms with Gasteiger partial charge in [-0.1, -0.05) is 0 Å². The molecule has 26 heavy (non-hydrogen) atoms. The van der Waals surface area contributed by atoms with Crippen LogP contribution in [0.4, 0.5) is 11.4 Å². The Morgan fingerprint density at radius 3 is 2.77 bits per heavy atom. The molecule has 2 heterocycles. The first-order valence-corrected chi connectivity index (χ1v) is 8.45. The van der Waals surface area contributed by atoms with Gasteiger partial charge in [0.05, 0.1) is 11.5 Å². The second-order valence-electron chi connectivity index (χ2n) is 5.53. The fraction of sp³-hybridized carbons (Fsp3) is 0.167. The zero-order valence-corrected chi connectivity index (χ0v) is 14.9. The number of fused-ring (bicyclic) bond motifs is 1. The molecule has 8 heteroatoms. The Labute approximate surface area is 153 Å². The van der Waals surface area contributed by atoms with E-state index in [9.17, 15) is 15.4 Å². The summed E-state index contributed by atoms with van der Waals surface area (Å²) >= 11 is 1.29. The number of nitrogens with zero attached hydrogens (tertiary/aromatic N) is 4. The van der Waals surface area contributed by atoms with Crippen molar-refractivity contribution in [1.82, 2.24) is 4.98 Å². The highest BCUT2D eigenvalue weighted by Gasteiger charge is 2.16. The van der Waals surface area contributed by atoms with Gasteiger partial charge in [-0.15, -0.1) is 11.3 Å². The minimum absolute atomic E-state index is 0.0166. The number of nitriles is 1. The molecule has 0 fully saturated rings. The van der Waals surface area contributed by atoms with Gasteiger partial charge >= 0.3 is 0 Å². The molecule has 2 aromatic heterocycles. The van der Waals surface area contributed by atoms with Crippen molar-refractivity contribution >= 4 is 39.1 Å². The van der Waals surface area contributed by atoms with Crippen LogP contribution in [0.2, 0.25) is 0 Å². The smallest absolute Gasteiger partial charge is 0.269 e. The van der Waals surface area contributed by atoms with E-state index < -0.39 is 4.92 Å². The molecule has 7 nitrogen and oxygen atoms in total. The van der Waals surface area contributed by atoms with Crippen molar-refractivity contribution in [3.63, 3.8) is 0 Å². The molecule has 1 aromatic carbocycles. The maximum Gasteiger partial charge on any atom is 0.269 e. The number of benzene rings is 1. The molecule has 3 aromatic rings. The van der Waals surface area contributed by atoms with E-state index in [1.807, 2.05) is 13.0 Å². The van der Waals surface area contributed by atoms with Gasteiger partial charge in [-0.2, -0.15) is 5.26 Å². The summed E-state index contributed by atoms with van der Waals surface area (Å²) in [5, 5.41) is 21.0. The zero-order chi connectivity index (χ0) is 18.7. The number of ether oxygens (including phenoxy) is 1. The lowest BCUT2D eigenvalue weighted by Crippen LogP contribution is -1.92. The van der Waals surface area contributed by atoms with Crippen molar-refractivity contribution in [3.8, 4) is 6.07 Å². The van der Waals surface area contributed by atoms with Gasteiger partial charge in [-0.05, 0) is 36.2 Å². The molecule has 0 bridgehead atoms. The van der Waals surface area contributed by atoms with Gasteiger partial charge in [-0.3, -0.25) is 15.1 Å². The summed E-state index contributed by atoms with van der Waals surface area (Å²) < 4.78 is 5.27. The van der Waals surface area contributed by atoms with Crippen molar-refractivity contribution in [2.24, 2.45) is 4.99 Å². The molecule has 0 saturated heterocycles. The fourth-order valence-electron chi connectivity index (χ4n) is 2.59. The maximum absolute atomic E-state index is 10.7. The standard InChI is InChI=1S/C18H14N4O3S/c1-11-7-13(10-25-2)16-17(15(8-19)26-18(16)21-11)20-9-12-3-5-14(6-4-12)22(23)24/h3-7,9H,10H2,1-2H3. The minimum atomic E-state index is -0.452. The first kappa shape index (κ1) is 17.7. The Bertz CT molecular complexity index is 1050. The summed E-state index contributed by atoms with van der Waals surface area (Å²) in [7, 11) is 1.61. The van der Waals surface area contributed by atoms with E-state index in [1.54, 1.807) is 25.5 Å². The molecule has 0 radical (unpaired) electrons. The number of methoxy groups -OCH3 is 1. The van der Waals surface area contributed by atoms with Crippen molar-refractivity contribution in [2.75, 3.05) is 7.11 Å². The van der Waals surface area contributed by atoms with Gasteiger partial charge in [-0.25, -0.2) is 4.98 Å². The van der Waals surface area contributed by atoms with E-state index in [2.05, 4.69) is 16.0 Å². The van der Waals surface area contributed by atoms with Crippen LogP contribution in [-0.4, -0.2) is 23.2 Å². The number of pyridine rings is 1. The highest BCUT2D eigenvalue weighted by molar-refractivity contribution is 7.19. The summed E-state index contributed by atoms with van der Waals surface area (Å²) in [4.78, 5) is 20.5. The summed E-state index contributed by atoms with van der Waals surface area (Å²) in [6.45, 7) is 2.28. The molecule has 0 aliphatic carbocycles. The molecule has 0 N–H and O–H groups in total. The van der Waals surface area contributed by atoms with E-state index >= 15 is 0 Å². The molecule has 0 aliphatic heterocycles. The van der Waals surface area contributed by atoms with Gasteiger partial charge < -0.3 is 4.74 Å². The first-order chi connectivity index (χ1) is 12.5. The highest BCUT2D eigenvalue weighted by atomic mass is 32.1. The molecule has 0 atom stereocenters. The number of thiophene rings is 1. The van der Waals surface area contributed by atoms with Gasteiger partial charge in [0.15, 0.2) is 0 Å². The van der Waals surface area contributed by atoms with Gasteiger partial charge in [0.1, 0.15) is 21.5 Å². The van der Waals surface area contributed by atoms with Crippen molar-refractivity contribution in [2.45, 2.75) is 13.5 Å². The van der Waals surface area contributed by atoms with Crippen LogP contribution in [0.25, 0.3) is 10.2 Å². The SMILES string of the molecule is COCc1cc(C)nc2sc(C#N)c(N=Cc3ccc([N+](=O)[O-])cc3)c12. The van der Waals surface area contributed by atoms with E-state index in [0.29, 0.717) is 22.7 Å². The minimum Gasteiger partial charge on any atom is -0.380 e.